The molecule has 6 nitrogen and oxygen atoms in total. The van der Waals surface area contributed by atoms with Crippen molar-refractivity contribution in [3.8, 4) is 11.5 Å². The van der Waals surface area contributed by atoms with Gasteiger partial charge in [-0.25, -0.2) is 10.2 Å². The third-order valence-corrected chi connectivity index (χ3v) is 6.25. The molecule has 1 heterocycles. The van der Waals surface area contributed by atoms with Gasteiger partial charge in [0.15, 0.2) is 6.61 Å². The second kappa shape index (κ2) is 10.3. The summed E-state index contributed by atoms with van der Waals surface area (Å²) < 4.78 is 11.9. The summed E-state index contributed by atoms with van der Waals surface area (Å²) in [5.74, 6) is -0.0757. The summed E-state index contributed by atoms with van der Waals surface area (Å²) in [5.41, 5.74) is 3.95. The zero-order valence-corrected chi connectivity index (χ0v) is 19.2. The van der Waals surface area contributed by atoms with Crippen molar-refractivity contribution >= 4 is 51.1 Å². The minimum absolute atomic E-state index is 0.179. The number of rotatable bonds is 7. The zero-order valence-electron chi connectivity index (χ0n) is 17.6. The second-order valence-corrected chi connectivity index (χ2v) is 8.50. The summed E-state index contributed by atoms with van der Waals surface area (Å²) >= 11 is 7.66. The zero-order chi connectivity index (χ0) is 23.2. The number of nitrogens with one attached hydrogen (secondary N) is 1. The molecule has 0 radical (unpaired) electrons. The van der Waals surface area contributed by atoms with Crippen LogP contribution < -0.4 is 14.9 Å². The molecular weight excluding hydrogens is 460 g/mol. The molecule has 0 spiro atoms. The molecule has 4 rings (SSSR count). The Kier molecular flexibility index (Phi) is 7.02. The van der Waals surface area contributed by atoms with E-state index in [1.165, 1.54) is 17.6 Å². The lowest BCUT2D eigenvalue weighted by atomic mass is 10.2. The maximum atomic E-state index is 12.8. The van der Waals surface area contributed by atoms with E-state index in [-0.39, 0.29) is 6.61 Å². The Bertz CT molecular complexity index is 1350. The average molecular weight is 479 g/mol. The molecule has 0 unspecified atom stereocenters. The van der Waals surface area contributed by atoms with Crippen molar-refractivity contribution in [3.63, 3.8) is 0 Å². The minimum atomic E-state index is -0.558. The first-order valence-electron chi connectivity index (χ1n) is 10.0. The van der Waals surface area contributed by atoms with Crippen LogP contribution in [0.3, 0.4) is 0 Å². The number of nitrogens with zero attached hydrogens (tertiary/aromatic N) is 1. The molecule has 8 heteroatoms. The van der Waals surface area contributed by atoms with Crippen LogP contribution >= 0.6 is 22.9 Å². The molecule has 1 amide bonds. The molecule has 0 aliphatic rings. The summed E-state index contributed by atoms with van der Waals surface area (Å²) in [6.45, 7) is 1.76. The monoisotopic (exact) mass is 478 g/mol. The van der Waals surface area contributed by atoms with E-state index in [1.807, 2.05) is 49.4 Å². The number of halogens is 1. The van der Waals surface area contributed by atoms with E-state index in [4.69, 9.17) is 21.1 Å². The number of esters is 1. The van der Waals surface area contributed by atoms with Crippen molar-refractivity contribution in [3.05, 3.63) is 93.8 Å². The van der Waals surface area contributed by atoms with Crippen molar-refractivity contribution in [2.24, 2.45) is 5.10 Å². The Morgan fingerprint density at radius 1 is 1.06 bits per heavy atom. The quantitative estimate of drug-likeness (QED) is 0.162. The Labute approximate surface area is 199 Å². The molecule has 0 saturated heterocycles. The van der Waals surface area contributed by atoms with E-state index in [0.29, 0.717) is 27.0 Å². The number of ether oxygens (including phenoxy) is 2. The van der Waals surface area contributed by atoms with Gasteiger partial charge in [-0.3, -0.25) is 4.79 Å². The number of carbonyl (C=O) groups excluding carboxylic acids is 2. The van der Waals surface area contributed by atoms with Crippen molar-refractivity contribution < 1.29 is 19.1 Å². The van der Waals surface area contributed by atoms with Gasteiger partial charge in [-0.2, -0.15) is 5.10 Å². The second-order valence-electron chi connectivity index (χ2n) is 7.07. The molecule has 0 saturated carbocycles. The lowest BCUT2D eigenvalue weighted by Gasteiger charge is -2.07. The number of thiophene rings is 1. The van der Waals surface area contributed by atoms with Crippen LogP contribution in [-0.4, -0.2) is 24.7 Å². The molecule has 1 aromatic heterocycles. The van der Waals surface area contributed by atoms with E-state index in [9.17, 15) is 9.59 Å². The van der Waals surface area contributed by atoms with Gasteiger partial charge in [0.2, 0.25) is 0 Å². The van der Waals surface area contributed by atoms with Crippen LogP contribution in [0.4, 0.5) is 0 Å². The molecule has 0 fully saturated rings. The van der Waals surface area contributed by atoms with Gasteiger partial charge in [0.25, 0.3) is 5.91 Å². The van der Waals surface area contributed by atoms with Gasteiger partial charge in [0.1, 0.15) is 16.4 Å². The number of aryl methyl sites for hydroxylation is 1. The predicted octanol–water partition coefficient (Wildman–Crippen LogP) is 5.61. The molecule has 0 atom stereocenters. The highest BCUT2D eigenvalue weighted by atomic mass is 35.5. The number of hydrogen-bond acceptors (Lipinski definition) is 6. The average Bonchev–Trinajstić information content (AvgIpc) is 3.16. The van der Waals surface area contributed by atoms with E-state index in [2.05, 4.69) is 10.5 Å². The molecule has 166 valence electrons. The van der Waals surface area contributed by atoms with E-state index in [0.717, 1.165) is 15.6 Å². The first-order valence-corrected chi connectivity index (χ1v) is 11.2. The van der Waals surface area contributed by atoms with Gasteiger partial charge in [-0.15, -0.1) is 11.3 Å². The smallest absolute Gasteiger partial charge is 0.355 e. The number of amides is 1. The third kappa shape index (κ3) is 5.58. The maximum Gasteiger partial charge on any atom is 0.355 e. The van der Waals surface area contributed by atoms with Gasteiger partial charge in [0, 0.05) is 15.6 Å². The fourth-order valence-corrected chi connectivity index (χ4v) is 4.42. The molecule has 3 aromatic carbocycles. The van der Waals surface area contributed by atoms with Crippen LogP contribution in [0.15, 0.2) is 77.9 Å². The van der Waals surface area contributed by atoms with Crippen LogP contribution in [0.2, 0.25) is 5.02 Å². The van der Waals surface area contributed by atoms with Crippen molar-refractivity contribution in [2.45, 2.75) is 6.92 Å². The summed E-state index contributed by atoms with van der Waals surface area (Å²) in [6.07, 6.45) is 1.40. The van der Waals surface area contributed by atoms with Crippen molar-refractivity contribution in [1.82, 2.24) is 5.43 Å². The highest BCUT2D eigenvalue weighted by molar-refractivity contribution is 7.21. The Morgan fingerprint density at radius 3 is 2.67 bits per heavy atom. The predicted molar refractivity (Wildman–Crippen MR) is 131 cm³/mol. The number of carbonyl (C=O) groups is 2. The minimum Gasteiger partial charge on any atom is -0.484 e. The van der Waals surface area contributed by atoms with Crippen molar-refractivity contribution in [1.29, 1.82) is 0 Å². The van der Waals surface area contributed by atoms with Crippen LogP contribution in [0.1, 0.15) is 20.8 Å². The van der Waals surface area contributed by atoms with Gasteiger partial charge in [0.05, 0.1) is 11.2 Å². The van der Waals surface area contributed by atoms with Crippen LogP contribution in [-0.2, 0) is 4.79 Å². The van der Waals surface area contributed by atoms with Gasteiger partial charge < -0.3 is 9.47 Å². The summed E-state index contributed by atoms with van der Waals surface area (Å²) in [5, 5.41) is 5.12. The lowest BCUT2D eigenvalue weighted by Crippen LogP contribution is -2.24. The highest BCUT2D eigenvalue weighted by Crippen LogP contribution is 2.36. The molecule has 0 bridgehead atoms. The van der Waals surface area contributed by atoms with E-state index in [1.54, 1.807) is 30.3 Å². The first-order chi connectivity index (χ1) is 16.0. The highest BCUT2D eigenvalue weighted by Gasteiger charge is 2.19. The number of para-hydroxylation sites is 1. The number of hydrogen-bond donors (Lipinski definition) is 1. The van der Waals surface area contributed by atoms with Crippen LogP contribution in [0.5, 0.6) is 11.5 Å². The molecule has 1 N–H and O–H groups in total. The standard InChI is InChI=1S/C25H19ClN2O4S/c1-16-7-6-9-18(13-16)31-15-22(29)28-27-14-17-8-2-4-11-20(17)32-25(30)24-23(26)19-10-3-5-12-21(19)33-24/h2-14H,15H2,1H3,(H,28,29). The van der Waals surface area contributed by atoms with Gasteiger partial charge >= 0.3 is 5.97 Å². The van der Waals surface area contributed by atoms with Crippen LogP contribution in [0.25, 0.3) is 10.1 Å². The molecule has 0 aliphatic carbocycles. The largest absolute Gasteiger partial charge is 0.484 e. The normalized spacial score (nSPS) is 11.0. The van der Waals surface area contributed by atoms with Crippen LogP contribution in [0, 0.1) is 6.92 Å². The fourth-order valence-electron chi connectivity index (χ4n) is 3.03. The third-order valence-electron chi connectivity index (χ3n) is 4.59. The maximum absolute atomic E-state index is 12.8. The topological polar surface area (TPSA) is 77.0 Å². The van der Waals surface area contributed by atoms with Crippen molar-refractivity contribution in [2.75, 3.05) is 6.61 Å². The van der Waals surface area contributed by atoms with Gasteiger partial charge in [-0.1, -0.05) is 54.1 Å². The molecule has 4 aromatic rings. The Morgan fingerprint density at radius 2 is 1.85 bits per heavy atom. The molecule has 33 heavy (non-hydrogen) atoms. The molecule has 0 aliphatic heterocycles. The van der Waals surface area contributed by atoms with E-state index < -0.39 is 11.9 Å². The Hall–Kier alpha value is -3.68. The fraction of sp³-hybridized carbons (Fsp3) is 0.0800. The molecular formula is C25H19ClN2O4S. The summed E-state index contributed by atoms with van der Waals surface area (Å²) in [4.78, 5) is 25.1. The van der Waals surface area contributed by atoms with E-state index >= 15 is 0 Å². The summed E-state index contributed by atoms with van der Waals surface area (Å²) in [6, 6.07) is 21.8. The van der Waals surface area contributed by atoms with Gasteiger partial charge in [-0.05, 0) is 42.8 Å². The first kappa shape index (κ1) is 22.5. The number of hydrazone groups is 1. The lowest BCUT2D eigenvalue weighted by molar-refractivity contribution is -0.123. The number of benzene rings is 3. The number of fused-ring (bicyclic) bond motifs is 1. The SMILES string of the molecule is Cc1cccc(OCC(=O)NN=Cc2ccccc2OC(=O)c2sc3ccccc3c2Cl)c1. The Balaban J connectivity index is 1.39. The summed E-state index contributed by atoms with van der Waals surface area (Å²) in [7, 11) is 0.